The maximum absolute atomic E-state index is 11.9. The maximum Gasteiger partial charge on any atom is 0.223 e. The molecular formula is C14H17NO3. The van der Waals surface area contributed by atoms with E-state index in [1.54, 1.807) is 4.90 Å². The zero-order chi connectivity index (χ0) is 12.5. The molecule has 2 aliphatic heterocycles. The molecule has 2 aliphatic rings. The van der Waals surface area contributed by atoms with Crippen molar-refractivity contribution in [2.45, 2.75) is 31.4 Å². The van der Waals surface area contributed by atoms with Crippen molar-refractivity contribution >= 4 is 5.91 Å². The first-order valence-electron chi connectivity index (χ1n) is 6.46. The molecule has 0 aliphatic carbocycles. The Hall–Kier alpha value is -1.55. The number of likely N-dealkylation sites (tertiary alicyclic amines) is 1. The third-order valence-electron chi connectivity index (χ3n) is 3.72. The third-order valence-corrected chi connectivity index (χ3v) is 3.72. The van der Waals surface area contributed by atoms with E-state index < -0.39 is 6.10 Å². The number of hydrogen-bond donors (Lipinski definition) is 1. The van der Waals surface area contributed by atoms with Crippen LogP contribution in [0.5, 0.6) is 5.75 Å². The first-order chi connectivity index (χ1) is 8.77. The van der Waals surface area contributed by atoms with Crippen LogP contribution < -0.4 is 4.74 Å². The molecule has 0 bridgehead atoms. The molecule has 0 unspecified atom stereocenters. The van der Waals surface area contributed by atoms with Crippen LogP contribution in [-0.4, -0.2) is 35.2 Å². The molecular weight excluding hydrogens is 230 g/mol. The Bertz CT molecular complexity index is 460. The molecule has 1 amide bonds. The number of ether oxygens (including phenoxy) is 1. The van der Waals surface area contributed by atoms with Crippen molar-refractivity contribution in [1.29, 1.82) is 0 Å². The number of fused-ring (bicyclic) bond motifs is 1. The molecule has 4 heteroatoms. The maximum atomic E-state index is 11.9. The summed E-state index contributed by atoms with van der Waals surface area (Å²) < 4.78 is 5.65. The van der Waals surface area contributed by atoms with E-state index in [1.807, 2.05) is 24.3 Å². The molecule has 1 fully saturated rings. The number of rotatable bonds is 1. The van der Waals surface area contributed by atoms with Gasteiger partial charge in [0.1, 0.15) is 5.75 Å². The number of hydrogen-bond acceptors (Lipinski definition) is 3. The van der Waals surface area contributed by atoms with E-state index in [2.05, 4.69) is 0 Å². The monoisotopic (exact) mass is 247 g/mol. The first-order valence-corrected chi connectivity index (χ1v) is 6.46. The van der Waals surface area contributed by atoms with Crippen molar-refractivity contribution in [3.63, 3.8) is 0 Å². The zero-order valence-electron chi connectivity index (χ0n) is 10.2. The van der Waals surface area contributed by atoms with Crippen molar-refractivity contribution in [2.24, 2.45) is 0 Å². The Morgan fingerprint density at radius 1 is 1.33 bits per heavy atom. The molecule has 0 aromatic heterocycles. The summed E-state index contributed by atoms with van der Waals surface area (Å²) in [5.74, 6) is 0.925. The summed E-state index contributed by atoms with van der Waals surface area (Å²) in [6.07, 6.45) is 1.48. The van der Waals surface area contributed by atoms with Gasteiger partial charge < -0.3 is 14.7 Å². The molecule has 1 N–H and O–H groups in total. The lowest BCUT2D eigenvalue weighted by atomic mass is 9.98. The molecule has 96 valence electrons. The van der Waals surface area contributed by atoms with Gasteiger partial charge in [-0.3, -0.25) is 4.79 Å². The van der Waals surface area contributed by atoms with Crippen LogP contribution >= 0.6 is 0 Å². The SMILES string of the molecule is O=C1CCCN1[C@@H]1c2ccccc2OCC[C@H]1O. The highest BCUT2D eigenvalue weighted by atomic mass is 16.5. The van der Waals surface area contributed by atoms with Crippen molar-refractivity contribution in [3.05, 3.63) is 29.8 Å². The first kappa shape index (κ1) is 11.5. The van der Waals surface area contributed by atoms with E-state index in [-0.39, 0.29) is 11.9 Å². The van der Waals surface area contributed by atoms with Gasteiger partial charge in [0.2, 0.25) is 5.91 Å². The highest BCUT2D eigenvalue weighted by Crippen LogP contribution is 2.37. The fourth-order valence-corrected chi connectivity index (χ4v) is 2.85. The zero-order valence-corrected chi connectivity index (χ0v) is 10.2. The predicted octanol–water partition coefficient (Wildman–Crippen LogP) is 1.49. The summed E-state index contributed by atoms with van der Waals surface area (Å²) in [5.41, 5.74) is 0.928. The fourth-order valence-electron chi connectivity index (χ4n) is 2.85. The average molecular weight is 247 g/mol. The van der Waals surface area contributed by atoms with E-state index in [1.165, 1.54) is 0 Å². The molecule has 4 nitrogen and oxygen atoms in total. The number of benzene rings is 1. The minimum atomic E-state index is -0.546. The lowest BCUT2D eigenvalue weighted by molar-refractivity contribution is -0.132. The minimum Gasteiger partial charge on any atom is -0.493 e. The molecule has 0 radical (unpaired) electrons. The summed E-state index contributed by atoms with van der Waals surface area (Å²) in [4.78, 5) is 13.7. The Morgan fingerprint density at radius 2 is 2.17 bits per heavy atom. The molecule has 3 rings (SSSR count). The number of carbonyl (C=O) groups is 1. The van der Waals surface area contributed by atoms with Crippen LogP contribution in [0.15, 0.2) is 24.3 Å². The number of carbonyl (C=O) groups excluding carboxylic acids is 1. The second kappa shape index (κ2) is 4.61. The minimum absolute atomic E-state index is 0.135. The summed E-state index contributed by atoms with van der Waals surface area (Å²) in [7, 11) is 0. The van der Waals surface area contributed by atoms with Gasteiger partial charge >= 0.3 is 0 Å². The van der Waals surface area contributed by atoms with Gasteiger partial charge in [0.15, 0.2) is 0 Å². The number of amides is 1. The van der Waals surface area contributed by atoms with Crippen LogP contribution in [0, 0.1) is 0 Å². The van der Waals surface area contributed by atoms with Crippen LogP contribution in [0.4, 0.5) is 0 Å². The van der Waals surface area contributed by atoms with Gasteiger partial charge in [0.05, 0.1) is 18.8 Å². The molecule has 1 aromatic rings. The lowest BCUT2D eigenvalue weighted by Gasteiger charge is -2.30. The van der Waals surface area contributed by atoms with Gasteiger partial charge in [-0.2, -0.15) is 0 Å². The Morgan fingerprint density at radius 3 is 2.94 bits per heavy atom. The standard InChI is InChI=1S/C14H17NO3/c16-11-7-9-18-12-5-2-1-4-10(12)14(11)15-8-3-6-13(15)17/h1-2,4-5,11,14,16H,3,6-9H2/t11-,14-/m1/s1. The second-order valence-corrected chi connectivity index (χ2v) is 4.88. The quantitative estimate of drug-likeness (QED) is 0.818. The van der Waals surface area contributed by atoms with E-state index in [0.29, 0.717) is 19.4 Å². The summed E-state index contributed by atoms with van der Waals surface area (Å²) in [6, 6.07) is 7.44. The highest BCUT2D eigenvalue weighted by molar-refractivity contribution is 5.78. The van der Waals surface area contributed by atoms with Gasteiger partial charge in [0.25, 0.3) is 0 Å². The van der Waals surface area contributed by atoms with E-state index in [4.69, 9.17) is 4.74 Å². The second-order valence-electron chi connectivity index (χ2n) is 4.88. The molecule has 0 spiro atoms. The molecule has 18 heavy (non-hydrogen) atoms. The van der Waals surface area contributed by atoms with Gasteiger partial charge in [-0.05, 0) is 12.5 Å². The molecule has 2 heterocycles. The predicted molar refractivity (Wildman–Crippen MR) is 66.2 cm³/mol. The highest BCUT2D eigenvalue weighted by Gasteiger charge is 2.36. The molecule has 1 aromatic carbocycles. The van der Waals surface area contributed by atoms with Crippen molar-refractivity contribution in [2.75, 3.05) is 13.2 Å². The number of para-hydroxylation sites is 1. The van der Waals surface area contributed by atoms with Crippen LogP contribution in [0.1, 0.15) is 30.9 Å². The van der Waals surface area contributed by atoms with Crippen LogP contribution in [0.25, 0.3) is 0 Å². The lowest BCUT2D eigenvalue weighted by Crippen LogP contribution is -2.37. The average Bonchev–Trinajstić information content (AvgIpc) is 2.71. The summed E-state index contributed by atoms with van der Waals surface area (Å²) >= 11 is 0. The van der Waals surface area contributed by atoms with E-state index in [0.717, 1.165) is 24.3 Å². The summed E-state index contributed by atoms with van der Waals surface area (Å²) in [5, 5.41) is 10.3. The van der Waals surface area contributed by atoms with Crippen molar-refractivity contribution < 1.29 is 14.6 Å². The number of aliphatic hydroxyl groups is 1. The fraction of sp³-hybridized carbons (Fsp3) is 0.500. The van der Waals surface area contributed by atoms with Gasteiger partial charge in [0, 0.05) is 24.9 Å². The molecule has 0 saturated carbocycles. The smallest absolute Gasteiger partial charge is 0.223 e. The van der Waals surface area contributed by atoms with E-state index in [9.17, 15) is 9.90 Å². The third kappa shape index (κ3) is 1.86. The topological polar surface area (TPSA) is 49.8 Å². The molecule has 1 saturated heterocycles. The normalized spacial score (nSPS) is 27.6. The van der Waals surface area contributed by atoms with Crippen LogP contribution in [0.3, 0.4) is 0 Å². The number of nitrogens with zero attached hydrogens (tertiary/aromatic N) is 1. The molecule has 2 atom stereocenters. The summed E-state index contributed by atoms with van der Waals surface area (Å²) in [6.45, 7) is 1.23. The Balaban J connectivity index is 2.02. The van der Waals surface area contributed by atoms with E-state index >= 15 is 0 Å². The largest absolute Gasteiger partial charge is 0.493 e. The Kier molecular flexibility index (Phi) is 2.96. The van der Waals surface area contributed by atoms with Gasteiger partial charge in [-0.1, -0.05) is 18.2 Å². The Labute approximate surface area is 106 Å². The van der Waals surface area contributed by atoms with Gasteiger partial charge in [-0.25, -0.2) is 0 Å². The number of aliphatic hydroxyl groups excluding tert-OH is 1. The van der Waals surface area contributed by atoms with Crippen molar-refractivity contribution in [3.8, 4) is 5.75 Å². The van der Waals surface area contributed by atoms with Crippen LogP contribution in [0.2, 0.25) is 0 Å². The van der Waals surface area contributed by atoms with Gasteiger partial charge in [-0.15, -0.1) is 0 Å². The van der Waals surface area contributed by atoms with Crippen molar-refractivity contribution in [1.82, 2.24) is 4.90 Å². The van der Waals surface area contributed by atoms with Crippen LogP contribution in [-0.2, 0) is 4.79 Å².